The molecule has 24 heavy (non-hydrogen) atoms. The van der Waals surface area contributed by atoms with Gasteiger partial charge in [-0.1, -0.05) is 24.3 Å². The molecule has 0 unspecified atom stereocenters. The number of nitrogens with one attached hydrogen (secondary N) is 1. The van der Waals surface area contributed by atoms with Gasteiger partial charge in [-0.2, -0.15) is 0 Å². The minimum atomic E-state index is 0.0485. The first-order chi connectivity index (χ1) is 11.8. The first-order valence-corrected chi connectivity index (χ1v) is 8.14. The first-order valence-electron chi connectivity index (χ1n) is 8.14. The van der Waals surface area contributed by atoms with Crippen LogP contribution in [0.1, 0.15) is 18.4 Å². The summed E-state index contributed by atoms with van der Waals surface area (Å²) in [5.74, 6) is 2.44. The molecule has 1 aliphatic rings. The van der Waals surface area contributed by atoms with Crippen LogP contribution in [0.15, 0.2) is 48.5 Å². The van der Waals surface area contributed by atoms with E-state index >= 15 is 0 Å². The van der Waals surface area contributed by atoms with Gasteiger partial charge in [0.15, 0.2) is 11.5 Å². The molecule has 5 heteroatoms. The molecular formula is C19H21NO4. The number of hydrogen-bond acceptors (Lipinski definition) is 4. The number of para-hydroxylation sites is 1. The summed E-state index contributed by atoms with van der Waals surface area (Å²) in [5.41, 5.74) is 1.12. The number of carbonyl (C=O) groups is 1. The second-order valence-electron chi connectivity index (χ2n) is 5.55. The Labute approximate surface area is 141 Å². The molecule has 0 spiro atoms. The van der Waals surface area contributed by atoms with Crippen LogP contribution < -0.4 is 19.5 Å². The third-order valence-electron chi connectivity index (χ3n) is 3.73. The smallest absolute Gasteiger partial charge is 0.231 e. The fourth-order valence-electron chi connectivity index (χ4n) is 2.47. The van der Waals surface area contributed by atoms with Gasteiger partial charge in [-0.3, -0.25) is 4.79 Å². The van der Waals surface area contributed by atoms with E-state index in [9.17, 15) is 4.79 Å². The van der Waals surface area contributed by atoms with E-state index in [1.807, 2.05) is 48.5 Å². The van der Waals surface area contributed by atoms with E-state index in [2.05, 4.69) is 5.32 Å². The van der Waals surface area contributed by atoms with Crippen molar-refractivity contribution in [2.75, 3.05) is 19.9 Å². The second kappa shape index (κ2) is 8.24. The molecule has 0 saturated carbocycles. The van der Waals surface area contributed by atoms with E-state index in [4.69, 9.17) is 14.2 Å². The van der Waals surface area contributed by atoms with Gasteiger partial charge >= 0.3 is 0 Å². The van der Waals surface area contributed by atoms with Gasteiger partial charge in [-0.05, 0) is 42.7 Å². The zero-order chi connectivity index (χ0) is 16.6. The Hall–Kier alpha value is -2.69. The highest BCUT2D eigenvalue weighted by molar-refractivity contribution is 5.75. The van der Waals surface area contributed by atoms with E-state index in [-0.39, 0.29) is 12.7 Å². The van der Waals surface area contributed by atoms with Crippen molar-refractivity contribution >= 4 is 5.91 Å². The molecule has 1 heterocycles. The van der Waals surface area contributed by atoms with E-state index in [1.165, 1.54) is 0 Å². The minimum absolute atomic E-state index is 0.0485. The van der Waals surface area contributed by atoms with Crippen LogP contribution in [0, 0.1) is 0 Å². The van der Waals surface area contributed by atoms with Gasteiger partial charge < -0.3 is 19.5 Å². The largest absolute Gasteiger partial charge is 0.494 e. The molecule has 0 aliphatic carbocycles. The number of benzene rings is 2. The van der Waals surface area contributed by atoms with E-state index < -0.39 is 0 Å². The van der Waals surface area contributed by atoms with Crippen LogP contribution in [0.5, 0.6) is 17.2 Å². The molecule has 0 saturated heterocycles. The summed E-state index contributed by atoms with van der Waals surface area (Å²) in [6.45, 7) is 1.43. The molecule has 126 valence electrons. The predicted octanol–water partition coefficient (Wildman–Crippen LogP) is 2.93. The Balaban J connectivity index is 1.30. The van der Waals surface area contributed by atoms with Crippen LogP contribution in [-0.4, -0.2) is 25.9 Å². The van der Waals surface area contributed by atoms with Gasteiger partial charge in [0.1, 0.15) is 5.75 Å². The molecule has 2 aromatic carbocycles. The molecule has 0 bridgehead atoms. The van der Waals surface area contributed by atoms with Gasteiger partial charge in [-0.25, -0.2) is 0 Å². The summed E-state index contributed by atoms with van der Waals surface area (Å²) in [6.07, 6.45) is 1.93. The zero-order valence-corrected chi connectivity index (χ0v) is 13.5. The normalized spacial score (nSPS) is 12.0. The molecule has 1 aliphatic heterocycles. The van der Waals surface area contributed by atoms with Gasteiger partial charge in [-0.15, -0.1) is 0 Å². The van der Waals surface area contributed by atoms with Crippen molar-refractivity contribution in [3.8, 4) is 17.2 Å². The number of ether oxygens (including phenoxy) is 3. The lowest BCUT2D eigenvalue weighted by atomic mass is 10.1. The topological polar surface area (TPSA) is 56.8 Å². The van der Waals surface area contributed by atoms with Crippen LogP contribution in [-0.2, 0) is 11.2 Å². The highest BCUT2D eigenvalue weighted by atomic mass is 16.7. The van der Waals surface area contributed by atoms with Gasteiger partial charge in [0, 0.05) is 13.0 Å². The number of carbonyl (C=O) groups excluding carboxylic acids is 1. The van der Waals surface area contributed by atoms with Crippen LogP contribution in [0.4, 0.5) is 0 Å². The second-order valence-corrected chi connectivity index (χ2v) is 5.55. The van der Waals surface area contributed by atoms with Crippen molar-refractivity contribution in [2.45, 2.75) is 19.3 Å². The lowest BCUT2D eigenvalue weighted by Crippen LogP contribution is -2.25. The standard InChI is InChI=1S/C19H21NO4/c21-19(7-4-12-22-16-5-2-1-3-6-16)20-11-10-15-8-9-17-18(13-15)24-14-23-17/h1-3,5-6,8-9,13H,4,7,10-12,14H2,(H,20,21). The van der Waals surface area contributed by atoms with Crippen LogP contribution in [0.2, 0.25) is 0 Å². The predicted molar refractivity (Wildman–Crippen MR) is 90.4 cm³/mol. The molecule has 0 radical (unpaired) electrons. The summed E-state index contributed by atoms with van der Waals surface area (Å²) >= 11 is 0. The van der Waals surface area contributed by atoms with Crippen molar-refractivity contribution in [1.82, 2.24) is 5.32 Å². The monoisotopic (exact) mass is 327 g/mol. The number of rotatable bonds is 8. The molecular weight excluding hydrogens is 306 g/mol. The number of amides is 1. The highest BCUT2D eigenvalue weighted by Gasteiger charge is 2.13. The summed E-state index contributed by atoms with van der Waals surface area (Å²) in [5, 5.41) is 2.93. The molecule has 0 aromatic heterocycles. The molecule has 0 atom stereocenters. The quantitative estimate of drug-likeness (QED) is 0.758. The number of fused-ring (bicyclic) bond motifs is 1. The molecule has 3 rings (SSSR count). The average Bonchev–Trinajstić information content (AvgIpc) is 3.07. The maximum Gasteiger partial charge on any atom is 0.231 e. The molecule has 2 aromatic rings. The van der Waals surface area contributed by atoms with Gasteiger partial charge in [0.25, 0.3) is 0 Å². The first kappa shape index (κ1) is 16.2. The lowest BCUT2D eigenvalue weighted by Gasteiger charge is -2.07. The van der Waals surface area contributed by atoms with Crippen molar-refractivity contribution in [2.24, 2.45) is 0 Å². The van der Waals surface area contributed by atoms with Crippen LogP contribution in [0.3, 0.4) is 0 Å². The Morgan fingerprint density at radius 1 is 1.08 bits per heavy atom. The van der Waals surface area contributed by atoms with Crippen molar-refractivity contribution < 1.29 is 19.0 Å². The zero-order valence-electron chi connectivity index (χ0n) is 13.5. The fourth-order valence-corrected chi connectivity index (χ4v) is 2.47. The minimum Gasteiger partial charge on any atom is -0.494 e. The summed E-state index contributed by atoms with van der Waals surface area (Å²) in [7, 11) is 0. The van der Waals surface area contributed by atoms with Crippen molar-refractivity contribution in [3.05, 3.63) is 54.1 Å². The summed E-state index contributed by atoms with van der Waals surface area (Å²) in [6, 6.07) is 15.5. The molecule has 5 nitrogen and oxygen atoms in total. The van der Waals surface area contributed by atoms with E-state index in [0.717, 1.165) is 29.2 Å². The van der Waals surface area contributed by atoms with Crippen molar-refractivity contribution in [1.29, 1.82) is 0 Å². The maximum absolute atomic E-state index is 11.8. The van der Waals surface area contributed by atoms with Crippen molar-refractivity contribution in [3.63, 3.8) is 0 Å². The van der Waals surface area contributed by atoms with Crippen LogP contribution >= 0.6 is 0 Å². The van der Waals surface area contributed by atoms with Gasteiger partial charge in [0.05, 0.1) is 6.61 Å². The number of hydrogen-bond donors (Lipinski definition) is 1. The highest BCUT2D eigenvalue weighted by Crippen LogP contribution is 2.32. The van der Waals surface area contributed by atoms with Crippen LogP contribution in [0.25, 0.3) is 0 Å². The van der Waals surface area contributed by atoms with Gasteiger partial charge in [0.2, 0.25) is 12.7 Å². The summed E-state index contributed by atoms with van der Waals surface area (Å²) < 4.78 is 16.2. The van der Waals surface area contributed by atoms with E-state index in [0.29, 0.717) is 26.0 Å². The lowest BCUT2D eigenvalue weighted by molar-refractivity contribution is -0.121. The Morgan fingerprint density at radius 2 is 1.92 bits per heavy atom. The Bertz CT molecular complexity index is 672. The SMILES string of the molecule is O=C(CCCOc1ccccc1)NCCc1ccc2c(c1)OCO2. The average molecular weight is 327 g/mol. The Kier molecular flexibility index (Phi) is 5.56. The third kappa shape index (κ3) is 4.65. The Morgan fingerprint density at radius 3 is 2.79 bits per heavy atom. The molecule has 0 fully saturated rings. The summed E-state index contributed by atoms with van der Waals surface area (Å²) in [4.78, 5) is 11.8. The fraction of sp³-hybridized carbons (Fsp3) is 0.316. The van der Waals surface area contributed by atoms with E-state index in [1.54, 1.807) is 0 Å². The molecule has 1 amide bonds. The molecule has 1 N–H and O–H groups in total. The maximum atomic E-state index is 11.8. The third-order valence-corrected chi connectivity index (χ3v) is 3.73.